The van der Waals surface area contributed by atoms with E-state index in [2.05, 4.69) is 25.9 Å². The van der Waals surface area contributed by atoms with E-state index in [1.165, 1.54) is 36.8 Å². The zero-order chi connectivity index (χ0) is 27.5. The summed E-state index contributed by atoms with van der Waals surface area (Å²) in [5.41, 5.74) is 6.64. The number of aromatic nitrogens is 2. The number of rotatable bonds is 14. The number of hydrogen-bond donors (Lipinski definition) is 8. The molecule has 202 valence electrons. The number of aromatic amines is 1. The fourth-order valence-corrected chi connectivity index (χ4v) is 3.47. The number of carbonyl (C=O) groups is 4. The van der Waals surface area contributed by atoms with Gasteiger partial charge in [-0.1, -0.05) is 32.4 Å². The van der Waals surface area contributed by atoms with Gasteiger partial charge in [0, 0.05) is 24.7 Å². The maximum Gasteiger partial charge on any atom is 0.326 e. The third-order valence-corrected chi connectivity index (χ3v) is 5.93. The van der Waals surface area contributed by atoms with Crippen LogP contribution in [0.3, 0.4) is 0 Å². The van der Waals surface area contributed by atoms with E-state index in [1.807, 2.05) is 6.92 Å². The van der Waals surface area contributed by atoms with Crippen molar-refractivity contribution in [1.29, 1.82) is 0 Å². The second kappa shape index (κ2) is 13.9. The number of carbonyl (C=O) groups excluding carboxylic acids is 3. The Morgan fingerprint density at radius 2 is 1.65 bits per heavy atom. The lowest BCUT2D eigenvalue weighted by Gasteiger charge is -2.27. The molecular formula is C24H34N6O7. The molecule has 5 unspecified atom stereocenters. The van der Waals surface area contributed by atoms with Gasteiger partial charge in [0.25, 0.3) is 0 Å². The van der Waals surface area contributed by atoms with Gasteiger partial charge in [0.15, 0.2) is 0 Å². The molecule has 0 aliphatic heterocycles. The number of nitrogens with two attached hydrogens (primary N) is 1. The molecule has 5 atom stereocenters. The summed E-state index contributed by atoms with van der Waals surface area (Å²) in [7, 11) is 0. The lowest BCUT2D eigenvalue weighted by atomic mass is 9.97. The number of aliphatic hydroxyl groups is 1. The number of benzene rings is 1. The Bertz CT molecular complexity index is 1040. The van der Waals surface area contributed by atoms with E-state index in [1.54, 1.807) is 6.92 Å². The van der Waals surface area contributed by atoms with Crippen LogP contribution in [0, 0.1) is 5.92 Å². The number of nitrogens with one attached hydrogen (secondary N) is 4. The van der Waals surface area contributed by atoms with Crippen LogP contribution < -0.4 is 21.7 Å². The predicted octanol–water partition coefficient (Wildman–Crippen LogP) is -1.19. The van der Waals surface area contributed by atoms with Gasteiger partial charge < -0.3 is 42.0 Å². The zero-order valence-electron chi connectivity index (χ0n) is 20.7. The van der Waals surface area contributed by atoms with Crippen LogP contribution in [0.1, 0.15) is 31.5 Å². The zero-order valence-corrected chi connectivity index (χ0v) is 20.7. The average Bonchev–Trinajstić information content (AvgIpc) is 3.39. The van der Waals surface area contributed by atoms with Crippen LogP contribution in [0.2, 0.25) is 0 Å². The number of nitrogens with zero attached hydrogens (tertiary/aromatic N) is 1. The van der Waals surface area contributed by atoms with E-state index in [0.717, 1.165) is 0 Å². The van der Waals surface area contributed by atoms with Crippen LogP contribution >= 0.6 is 0 Å². The van der Waals surface area contributed by atoms with E-state index in [-0.39, 0.29) is 24.5 Å². The Kier molecular flexibility index (Phi) is 11.0. The summed E-state index contributed by atoms with van der Waals surface area (Å²) in [5.74, 6) is -3.75. The minimum atomic E-state index is -1.31. The van der Waals surface area contributed by atoms with Crippen molar-refractivity contribution >= 4 is 23.7 Å². The first kappa shape index (κ1) is 29.3. The highest BCUT2D eigenvalue weighted by Crippen LogP contribution is 2.13. The van der Waals surface area contributed by atoms with Crippen molar-refractivity contribution in [2.24, 2.45) is 11.7 Å². The molecule has 1 heterocycles. The Balaban J connectivity index is 2.23. The van der Waals surface area contributed by atoms with E-state index in [4.69, 9.17) is 10.8 Å². The van der Waals surface area contributed by atoms with Gasteiger partial charge in [0.1, 0.15) is 29.9 Å². The minimum Gasteiger partial charge on any atom is -0.508 e. The van der Waals surface area contributed by atoms with Crippen molar-refractivity contribution in [3.63, 3.8) is 0 Å². The molecule has 0 saturated heterocycles. The molecule has 37 heavy (non-hydrogen) atoms. The van der Waals surface area contributed by atoms with Crippen LogP contribution in [0.5, 0.6) is 5.75 Å². The Hall–Kier alpha value is -3.97. The monoisotopic (exact) mass is 518 g/mol. The van der Waals surface area contributed by atoms with Gasteiger partial charge in [-0.05, 0) is 23.6 Å². The number of aromatic hydroxyl groups is 1. The summed E-state index contributed by atoms with van der Waals surface area (Å²) in [6.45, 7) is 2.94. The van der Waals surface area contributed by atoms with Crippen LogP contribution in [-0.2, 0) is 32.0 Å². The average molecular weight is 519 g/mol. The normalized spacial score (nSPS) is 15.0. The first-order valence-electron chi connectivity index (χ1n) is 11.8. The molecule has 2 aromatic rings. The van der Waals surface area contributed by atoms with Gasteiger partial charge in [-0.2, -0.15) is 0 Å². The summed E-state index contributed by atoms with van der Waals surface area (Å²) < 4.78 is 0. The summed E-state index contributed by atoms with van der Waals surface area (Å²) >= 11 is 0. The van der Waals surface area contributed by atoms with E-state index in [0.29, 0.717) is 17.7 Å². The number of phenols is 1. The lowest BCUT2D eigenvalue weighted by Crippen LogP contribution is -2.59. The molecule has 13 heteroatoms. The molecule has 9 N–H and O–H groups in total. The van der Waals surface area contributed by atoms with Crippen molar-refractivity contribution in [1.82, 2.24) is 25.9 Å². The minimum absolute atomic E-state index is 0.0184. The van der Waals surface area contributed by atoms with Gasteiger partial charge in [0.2, 0.25) is 17.7 Å². The fraction of sp³-hybridized carbons (Fsp3) is 0.458. The molecule has 0 fully saturated rings. The topological polar surface area (TPSA) is 220 Å². The van der Waals surface area contributed by atoms with E-state index >= 15 is 0 Å². The maximum atomic E-state index is 13.2. The number of H-pyrrole nitrogens is 1. The van der Waals surface area contributed by atoms with Crippen LogP contribution in [0.4, 0.5) is 0 Å². The van der Waals surface area contributed by atoms with E-state index < -0.39 is 54.5 Å². The highest BCUT2D eigenvalue weighted by Gasteiger charge is 2.32. The number of carboxylic acids is 1. The molecule has 0 radical (unpaired) electrons. The second-order valence-electron chi connectivity index (χ2n) is 8.77. The smallest absolute Gasteiger partial charge is 0.326 e. The Morgan fingerprint density at radius 1 is 1.00 bits per heavy atom. The third kappa shape index (κ3) is 8.88. The predicted molar refractivity (Wildman–Crippen MR) is 132 cm³/mol. The standard InChI is InChI=1S/C24H34N6O7/c1-3-13(2)20(30-21(33)17(25)11-31)23(35)28-18(9-15-10-26-12-27-15)22(34)29-19(24(36)37)8-14-4-6-16(32)7-5-14/h4-7,10,12-13,17-20,31-32H,3,8-9,11,25H2,1-2H3,(H,26,27)(H,28,35)(H,29,34)(H,30,33)(H,36,37). The quantitative estimate of drug-likeness (QED) is 0.150. The Morgan fingerprint density at radius 3 is 2.19 bits per heavy atom. The summed E-state index contributed by atoms with van der Waals surface area (Å²) in [6, 6.07) is 1.09. The molecule has 0 aliphatic carbocycles. The summed E-state index contributed by atoms with van der Waals surface area (Å²) in [4.78, 5) is 57.3. The molecule has 0 bridgehead atoms. The van der Waals surface area contributed by atoms with Gasteiger partial charge in [-0.15, -0.1) is 0 Å². The number of imidazole rings is 1. The number of aliphatic hydroxyl groups excluding tert-OH is 1. The van der Waals surface area contributed by atoms with E-state index in [9.17, 15) is 29.4 Å². The van der Waals surface area contributed by atoms with Gasteiger partial charge in [-0.3, -0.25) is 14.4 Å². The first-order valence-corrected chi connectivity index (χ1v) is 11.8. The molecule has 1 aromatic carbocycles. The van der Waals surface area contributed by atoms with Crippen LogP contribution in [-0.4, -0.2) is 79.8 Å². The summed E-state index contributed by atoms with van der Waals surface area (Å²) in [5, 5.41) is 35.9. The van der Waals surface area contributed by atoms with Crippen LogP contribution in [0.15, 0.2) is 36.8 Å². The number of phenolic OH excluding ortho intramolecular Hbond substituents is 1. The number of hydrogen-bond acceptors (Lipinski definition) is 8. The van der Waals surface area contributed by atoms with Crippen molar-refractivity contribution in [3.05, 3.63) is 48.0 Å². The molecule has 3 amide bonds. The lowest BCUT2D eigenvalue weighted by molar-refractivity contribution is -0.142. The molecule has 0 saturated carbocycles. The highest BCUT2D eigenvalue weighted by atomic mass is 16.4. The Labute approximate surface area is 213 Å². The van der Waals surface area contributed by atoms with Crippen molar-refractivity contribution in [2.75, 3.05) is 6.61 Å². The highest BCUT2D eigenvalue weighted by molar-refractivity contribution is 5.94. The fourth-order valence-electron chi connectivity index (χ4n) is 3.47. The number of amides is 3. The molecular weight excluding hydrogens is 484 g/mol. The van der Waals surface area contributed by atoms with Gasteiger partial charge in [0.05, 0.1) is 12.9 Å². The van der Waals surface area contributed by atoms with Crippen molar-refractivity contribution in [2.45, 2.75) is 57.3 Å². The largest absolute Gasteiger partial charge is 0.508 e. The second-order valence-corrected chi connectivity index (χ2v) is 8.77. The van der Waals surface area contributed by atoms with Gasteiger partial charge in [-0.25, -0.2) is 9.78 Å². The molecule has 1 aromatic heterocycles. The molecule has 0 aliphatic rings. The third-order valence-electron chi connectivity index (χ3n) is 5.93. The SMILES string of the molecule is CCC(C)C(NC(=O)C(N)CO)C(=O)NC(Cc1cnc[nH]1)C(=O)NC(Cc1ccc(O)cc1)C(=O)O. The number of carboxylic acid groups (broad SMARTS) is 1. The van der Waals surface area contributed by atoms with Crippen molar-refractivity contribution in [3.8, 4) is 5.75 Å². The number of aliphatic carboxylic acids is 1. The van der Waals surface area contributed by atoms with Crippen molar-refractivity contribution < 1.29 is 34.5 Å². The van der Waals surface area contributed by atoms with Gasteiger partial charge >= 0.3 is 5.97 Å². The van der Waals surface area contributed by atoms with Crippen LogP contribution in [0.25, 0.3) is 0 Å². The molecule has 2 rings (SSSR count). The first-order chi connectivity index (χ1) is 17.5. The summed E-state index contributed by atoms with van der Waals surface area (Å²) in [6.07, 6.45) is 3.29. The maximum absolute atomic E-state index is 13.2. The molecule has 13 nitrogen and oxygen atoms in total. The molecule has 0 spiro atoms.